The average molecular weight is 843 g/mol. The number of fused-ring (bicyclic) bond motifs is 4. The zero-order valence-corrected chi connectivity index (χ0v) is 33.6. The van der Waals surface area contributed by atoms with Gasteiger partial charge in [-0.15, -0.1) is 0 Å². The highest BCUT2D eigenvalue weighted by Crippen LogP contribution is 2.57. The number of hydrogen-bond acceptors (Lipinski definition) is 12. The van der Waals surface area contributed by atoms with Gasteiger partial charge in [0, 0.05) is 51.6 Å². The number of nitrogens with zero attached hydrogens (tertiary/aromatic N) is 8. The lowest BCUT2D eigenvalue weighted by molar-refractivity contribution is -0.135. The minimum absolute atomic E-state index is 0.199. The molecule has 2 saturated heterocycles. The van der Waals surface area contributed by atoms with Crippen LogP contribution in [0.25, 0.3) is 22.6 Å². The number of carbonyl (C=O) groups is 3. The number of nitrogens with one attached hydrogen (secondary N) is 2. The molecule has 19 heteroatoms. The molecule has 2 aliphatic heterocycles. The van der Waals surface area contributed by atoms with Gasteiger partial charge in [0.15, 0.2) is 23.2 Å². The average Bonchev–Trinajstić information content (AvgIpc) is 3.88. The van der Waals surface area contributed by atoms with Crippen LogP contribution in [0.2, 0.25) is 0 Å². The van der Waals surface area contributed by atoms with E-state index >= 15 is 0 Å². The van der Waals surface area contributed by atoms with Crippen LogP contribution < -0.4 is 21.2 Å². The number of amides is 3. The maximum absolute atomic E-state index is 14.3. The van der Waals surface area contributed by atoms with E-state index in [2.05, 4.69) is 35.6 Å². The molecule has 0 unspecified atom stereocenters. The molecule has 5 fully saturated rings. The molecule has 3 saturated carbocycles. The highest BCUT2D eigenvalue weighted by Gasteiger charge is 2.51. The van der Waals surface area contributed by atoms with Crippen LogP contribution in [0.3, 0.4) is 0 Å². The molecule has 1 atom stereocenters. The Labute approximate surface area is 347 Å². The van der Waals surface area contributed by atoms with Gasteiger partial charge in [-0.2, -0.15) is 9.37 Å². The van der Waals surface area contributed by atoms with Crippen molar-refractivity contribution >= 4 is 34.6 Å². The molecule has 320 valence electrons. The second kappa shape index (κ2) is 15.7. The predicted octanol–water partition coefficient (Wildman–Crippen LogP) is 4.06. The summed E-state index contributed by atoms with van der Waals surface area (Å²) in [6, 6.07) is 5.70. The third kappa shape index (κ3) is 7.41. The maximum Gasteiger partial charge on any atom is 0.329 e. The third-order valence-electron chi connectivity index (χ3n) is 13.5. The number of rotatable bonds is 11. The minimum atomic E-state index is -1.79. The summed E-state index contributed by atoms with van der Waals surface area (Å²) in [6.07, 6.45) is 10.1. The number of aromatic hydroxyl groups is 1. The second-order valence-electron chi connectivity index (χ2n) is 17.0. The van der Waals surface area contributed by atoms with Gasteiger partial charge >= 0.3 is 5.69 Å². The molecule has 3 aliphatic carbocycles. The molecule has 3 amide bonds. The van der Waals surface area contributed by atoms with E-state index < -0.39 is 46.6 Å². The molecule has 3 N–H and O–H groups in total. The number of phenolic OH excluding ortho intramolecular Hbond substituents is 1. The van der Waals surface area contributed by atoms with E-state index in [0.717, 1.165) is 101 Å². The summed E-state index contributed by atoms with van der Waals surface area (Å²) < 4.78 is 50.7. The number of phenols is 1. The summed E-state index contributed by atoms with van der Waals surface area (Å²) in [7, 11) is 1.70. The summed E-state index contributed by atoms with van der Waals surface area (Å²) >= 11 is 0. The highest BCUT2D eigenvalue weighted by molar-refractivity contribution is 6.00. The van der Waals surface area contributed by atoms with Gasteiger partial charge in [0.2, 0.25) is 17.6 Å². The quantitative estimate of drug-likeness (QED) is 0.128. The fourth-order valence-corrected chi connectivity index (χ4v) is 9.62. The molecule has 0 radical (unpaired) electrons. The first-order chi connectivity index (χ1) is 29.3. The Morgan fingerprint density at radius 3 is 2.43 bits per heavy atom. The number of hydrogen-bond donors (Lipinski definition) is 3. The SMILES string of the molecule is Cn1c(=O)n([C@@H]2CCC(=O)NC2=O)c2ccc(CCCN3CCN(c4cnc(-c5nc(C67CCC(CNC(=O)c8cc(F)c(O)c(F)c8F)(CC6)CC7)no5)cn4)CC3)cc21. The van der Waals surface area contributed by atoms with Crippen LogP contribution in [0.1, 0.15) is 85.6 Å². The topological polar surface area (TPSA) is 194 Å². The molecule has 3 aromatic heterocycles. The Morgan fingerprint density at radius 2 is 1.72 bits per heavy atom. The number of aryl methyl sites for hydroxylation is 2. The number of imide groups is 1. The lowest BCUT2D eigenvalue weighted by Crippen LogP contribution is -2.49. The van der Waals surface area contributed by atoms with Gasteiger partial charge in [-0.05, 0) is 93.5 Å². The van der Waals surface area contributed by atoms with Crippen LogP contribution in [-0.4, -0.2) is 96.2 Å². The van der Waals surface area contributed by atoms with Crippen LogP contribution in [-0.2, 0) is 28.5 Å². The first kappa shape index (κ1) is 40.3. The molecular weight excluding hydrogens is 798 g/mol. The molecule has 5 aromatic rings. The van der Waals surface area contributed by atoms with Crippen LogP contribution in [0, 0.1) is 22.9 Å². The van der Waals surface area contributed by atoms with Gasteiger partial charge in [-0.1, -0.05) is 11.2 Å². The number of imidazole rings is 1. The van der Waals surface area contributed by atoms with Crippen molar-refractivity contribution in [1.82, 2.24) is 44.8 Å². The number of benzene rings is 2. The summed E-state index contributed by atoms with van der Waals surface area (Å²) in [6.45, 7) is 4.45. The van der Waals surface area contributed by atoms with Crippen molar-refractivity contribution in [1.29, 1.82) is 0 Å². The van der Waals surface area contributed by atoms with Crippen molar-refractivity contribution in [2.24, 2.45) is 12.5 Å². The minimum Gasteiger partial charge on any atom is -0.503 e. The third-order valence-corrected chi connectivity index (χ3v) is 13.5. The molecule has 5 aliphatic rings. The predicted molar refractivity (Wildman–Crippen MR) is 213 cm³/mol. The van der Waals surface area contributed by atoms with E-state index in [9.17, 15) is 37.5 Å². The standard InChI is InChI=1S/C42H45F3N10O6/c1-52-30-19-24(4-5-28(30)55(40(52)60)29-6-7-32(56)49-37(29)59)3-2-14-53-15-17-54(18-16-53)31-22-46-27(21-47-31)38-50-39(51-61-38)42-11-8-41(9-12-42,10-13-42)23-48-36(58)25-20-26(43)35(57)34(45)33(25)44/h4-5,19-22,29,57H,2-3,6-18,23H2,1H3,(H,48,58)(H,49,56,59)/t29-,41?,42?/m1/s1. The van der Waals surface area contributed by atoms with Crippen molar-refractivity contribution in [2.45, 2.75) is 75.7 Å². The molecule has 10 rings (SSSR count). The summed E-state index contributed by atoms with van der Waals surface area (Å²) in [5, 5.41) is 18.7. The van der Waals surface area contributed by atoms with Crippen LogP contribution in [0.5, 0.6) is 5.75 Å². The lowest BCUT2D eigenvalue weighted by atomic mass is 9.53. The van der Waals surface area contributed by atoms with Crippen LogP contribution in [0.4, 0.5) is 19.0 Å². The number of anilines is 1. The lowest BCUT2D eigenvalue weighted by Gasteiger charge is -2.52. The Morgan fingerprint density at radius 1 is 0.967 bits per heavy atom. The summed E-state index contributed by atoms with van der Waals surface area (Å²) in [5.74, 6) is -6.31. The van der Waals surface area contributed by atoms with Gasteiger partial charge in [0.25, 0.3) is 11.8 Å². The Kier molecular flexibility index (Phi) is 10.4. The number of carbonyl (C=O) groups excluding carboxylic acids is 3. The van der Waals surface area contributed by atoms with Gasteiger partial charge in [0.05, 0.1) is 29.0 Å². The van der Waals surface area contributed by atoms with Crippen LogP contribution >= 0.6 is 0 Å². The Balaban J connectivity index is 0.744. The van der Waals surface area contributed by atoms with Crippen molar-refractivity contribution in [2.75, 3.05) is 44.2 Å². The van der Waals surface area contributed by atoms with E-state index in [1.807, 2.05) is 18.2 Å². The zero-order valence-electron chi connectivity index (χ0n) is 33.6. The van der Waals surface area contributed by atoms with Crippen molar-refractivity contribution < 1.29 is 37.2 Å². The monoisotopic (exact) mass is 842 g/mol. The number of piperidine rings is 1. The van der Waals surface area contributed by atoms with E-state index in [-0.39, 0.29) is 41.3 Å². The number of piperazine rings is 1. The van der Waals surface area contributed by atoms with Crippen molar-refractivity contribution in [3.05, 3.63) is 81.5 Å². The molecule has 16 nitrogen and oxygen atoms in total. The highest BCUT2D eigenvalue weighted by atomic mass is 19.2. The Bertz CT molecular complexity index is 2580. The van der Waals surface area contributed by atoms with Gasteiger partial charge in [-0.3, -0.25) is 33.7 Å². The maximum atomic E-state index is 14.3. The fourth-order valence-electron chi connectivity index (χ4n) is 9.62. The molecule has 2 bridgehead atoms. The molecular formula is C42H45F3N10O6. The van der Waals surface area contributed by atoms with Crippen molar-refractivity contribution in [3.8, 4) is 17.3 Å². The van der Waals surface area contributed by atoms with E-state index in [4.69, 9.17) is 9.51 Å². The zero-order chi connectivity index (χ0) is 42.6. The van der Waals surface area contributed by atoms with Gasteiger partial charge in [-0.25, -0.2) is 23.5 Å². The summed E-state index contributed by atoms with van der Waals surface area (Å²) in [5.41, 5.74) is 1.40. The largest absolute Gasteiger partial charge is 0.503 e. The molecule has 61 heavy (non-hydrogen) atoms. The Hall–Kier alpha value is -6.11. The van der Waals surface area contributed by atoms with Gasteiger partial charge < -0.3 is 19.8 Å². The first-order valence-electron chi connectivity index (χ1n) is 20.7. The van der Waals surface area contributed by atoms with Gasteiger partial charge in [0.1, 0.15) is 17.6 Å². The normalized spacial score (nSPS) is 23.1. The second-order valence-corrected chi connectivity index (χ2v) is 17.0. The smallest absolute Gasteiger partial charge is 0.329 e. The number of halogens is 3. The van der Waals surface area contributed by atoms with Crippen molar-refractivity contribution in [3.63, 3.8) is 0 Å². The molecule has 0 spiro atoms. The van der Waals surface area contributed by atoms with E-state index in [0.29, 0.717) is 29.5 Å². The molecule has 2 aromatic carbocycles. The summed E-state index contributed by atoms with van der Waals surface area (Å²) in [4.78, 5) is 68.6. The van der Waals surface area contributed by atoms with E-state index in [1.54, 1.807) is 24.0 Å². The van der Waals surface area contributed by atoms with E-state index in [1.165, 1.54) is 4.57 Å². The fraction of sp³-hybridized carbons (Fsp3) is 0.476. The molecule has 5 heterocycles. The first-order valence-corrected chi connectivity index (χ1v) is 20.7. The van der Waals surface area contributed by atoms with Crippen LogP contribution in [0.15, 0.2) is 46.0 Å². The number of aromatic nitrogens is 6.